The summed E-state index contributed by atoms with van der Waals surface area (Å²) in [5.74, 6) is 2.61. The smallest absolute Gasteiger partial charge is 0.216 e. The zero-order valence-electron chi connectivity index (χ0n) is 16.4. The molecule has 9 heteroatoms. The van der Waals surface area contributed by atoms with E-state index in [0.717, 1.165) is 38.3 Å². The Labute approximate surface area is 183 Å². The predicted molar refractivity (Wildman–Crippen MR) is 120 cm³/mol. The molecule has 2 aromatic rings. The lowest BCUT2D eigenvalue weighted by molar-refractivity contribution is 0.131. The van der Waals surface area contributed by atoms with E-state index in [-0.39, 0.29) is 36.0 Å². The molecular weight excluding hydrogens is 471 g/mol. The molecule has 0 aliphatic heterocycles. The zero-order valence-corrected chi connectivity index (χ0v) is 18.7. The van der Waals surface area contributed by atoms with Crippen molar-refractivity contribution in [2.45, 2.75) is 52.0 Å². The quantitative estimate of drug-likeness (QED) is 0.251. The number of rotatable bonds is 8. The van der Waals surface area contributed by atoms with E-state index in [0.29, 0.717) is 24.0 Å². The summed E-state index contributed by atoms with van der Waals surface area (Å²) in [5, 5.41) is 23.3. The van der Waals surface area contributed by atoms with E-state index >= 15 is 0 Å². The van der Waals surface area contributed by atoms with Crippen LogP contribution in [0.1, 0.15) is 51.3 Å². The molecule has 0 unspecified atom stereocenters. The van der Waals surface area contributed by atoms with Crippen molar-refractivity contribution in [3.63, 3.8) is 0 Å². The Kier molecular flexibility index (Phi) is 9.23. The number of H-pyrrole nitrogens is 1. The van der Waals surface area contributed by atoms with Gasteiger partial charge in [-0.3, -0.25) is 5.10 Å². The van der Waals surface area contributed by atoms with E-state index in [1.54, 1.807) is 6.26 Å². The zero-order chi connectivity index (χ0) is 19.0. The second kappa shape index (κ2) is 11.4. The molecule has 0 saturated heterocycles. The van der Waals surface area contributed by atoms with Crippen molar-refractivity contribution >= 4 is 29.9 Å². The molecule has 0 atom stereocenters. The van der Waals surface area contributed by atoms with Gasteiger partial charge in [0.2, 0.25) is 5.82 Å². The molecule has 1 aliphatic carbocycles. The first-order valence-electron chi connectivity index (χ1n) is 9.83. The molecule has 156 valence electrons. The Morgan fingerprint density at radius 2 is 2.14 bits per heavy atom. The van der Waals surface area contributed by atoms with Crippen molar-refractivity contribution in [1.29, 1.82) is 0 Å². The number of halogens is 1. The van der Waals surface area contributed by atoms with Crippen LogP contribution in [-0.4, -0.2) is 45.9 Å². The van der Waals surface area contributed by atoms with Gasteiger partial charge in [0.15, 0.2) is 11.7 Å². The number of aliphatic imine (C=N–C) groups is 1. The molecule has 0 radical (unpaired) electrons. The fourth-order valence-corrected chi connectivity index (χ4v) is 3.70. The van der Waals surface area contributed by atoms with E-state index in [9.17, 15) is 5.11 Å². The van der Waals surface area contributed by atoms with Gasteiger partial charge in [-0.2, -0.15) is 0 Å². The molecular formula is C19H31IN6O2. The van der Waals surface area contributed by atoms with Crippen LogP contribution in [0.25, 0.3) is 11.6 Å². The summed E-state index contributed by atoms with van der Waals surface area (Å²) in [5.41, 5.74) is 0.169. The third kappa shape index (κ3) is 6.20. The van der Waals surface area contributed by atoms with Crippen LogP contribution in [0.2, 0.25) is 0 Å². The van der Waals surface area contributed by atoms with E-state index < -0.39 is 0 Å². The van der Waals surface area contributed by atoms with E-state index in [4.69, 9.17) is 4.42 Å². The maximum Gasteiger partial charge on any atom is 0.216 e. The topological polar surface area (TPSA) is 111 Å². The van der Waals surface area contributed by atoms with Crippen LogP contribution in [-0.2, 0) is 6.54 Å². The molecule has 0 bridgehead atoms. The van der Waals surface area contributed by atoms with Gasteiger partial charge in [-0.1, -0.05) is 19.3 Å². The van der Waals surface area contributed by atoms with Gasteiger partial charge in [-0.05, 0) is 43.7 Å². The summed E-state index contributed by atoms with van der Waals surface area (Å²) in [6.07, 6.45) is 8.54. The minimum atomic E-state index is 0. The third-order valence-electron chi connectivity index (χ3n) is 5.19. The highest BCUT2D eigenvalue weighted by Gasteiger charge is 2.31. The average molecular weight is 502 g/mol. The SMILES string of the molecule is CCNC(=NCc1nc(-c2ccco2)n[nH]1)NCC1(CCO)CCCCC1.I. The molecule has 3 rings (SSSR count). The van der Waals surface area contributed by atoms with Crippen LogP contribution in [0.4, 0.5) is 0 Å². The second-order valence-corrected chi connectivity index (χ2v) is 7.17. The summed E-state index contributed by atoms with van der Waals surface area (Å²) < 4.78 is 5.31. The molecule has 28 heavy (non-hydrogen) atoms. The average Bonchev–Trinajstić information content (AvgIpc) is 3.36. The summed E-state index contributed by atoms with van der Waals surface area (Å²) in [6.45, 7) is 4.30. The molecule has 1 saturated carbocycles. The molecule has 2 heterocycles. The number of nitrogens with zero attached hydrogens (tertiary/aromatic N) is 3. The van der Waals surface area contributed by atoms with E-state index in [1.165, 1.54) is 19.3 Å². The van der Waals surface area contributed by atoms with Crippen molar-refractivity contribution < 1.29 is 9.52 Å². The molecule has 0 amide bonds. The second-order valence-electron chi connectivity index (χ2n) is 7.17. The number of aromatic nitrogens is 3. The van der Waals surface area contributed by atoms with Crippen LogP contribution in [0.5, 0.6) is 0 Å². The van der Waals surface area contributed by atoms with Gasteiger partial charge in [0.1, 0.15) is 12.4 Å². The number of aromatic amines is 1. The minimum absolute atomic E-state index is 0. The number of guanidine groups is 1. The molecule has 8 nitrogen and oxygen atoms in total. The fourth-order valence-electron chi connectivity index (χ4n) is 3.70. The van der Waals surface area contributed by atoms with Crippen molar-refractivity contribution in [2.75, 3.05) is 19.7 Å². The van der Waals surface area contributed by atoms with Gasteiger partial charge in [0.25, 0.3) is 0 Å². The van der Waals surface area contributed by atoms with Crippen LogP contribution in [0.3, 0.4) is 0 Å². The lowest BCUT2D eigenvalue weighted by Gasteiger charge is -2.37. The number of hydrogen-bond donors (Lipinski definition) is 4. The standard InChI is InChI=1S/C19H30N6O2.HI/c1-2-20-18(22-14-19(10-11-26)8-4-3-5-9-19)21-13-16-23-17(25-24-16)15-7-6-12-27-15;/h6-7,12,26H,2-5,8-11,13-14H2,1H3,(H2,20,21,22)(H,23,24,25);1H. The first kappa shape index (κ1) is 22.7. The monoisotopic (exact) mass is 502 g/mol. The summed E-state index contributed by atoms with van der Waals surface area (Å²) in [4.78, 5) is 9.04. The Balaban J connectivity index is 0.00000280. The number of nitrogens with one attached hydrogen (secondary N) is 3. The van der Waals surface area contributed by atoms with Gasteiger partial charge >= 0.3 is 0 Å². The highest BCUT2D eigenvalue weighted by molar-refractivity contribution is 14.0. The van der Waals surface area contributed by atoms with Crippen LogP contribution < -0.4 is 10.6 Å². The van der Waals surface area contributed by atoms with Crippen molar-refractivity contribution in [2.24, 2.45) is 10.4 Å². The Hall–Kier alpha value is -1.62. The summed E-state index contributed by atoms with van der Waals surface area (Å²) >= 11 is 0. The van der Waals surface area contributed by atoms with Gasteiger partial charge in [-0.15, -0.1) is 29.1 Å². The van der Waals surface area contributed by atoms with Crippen molar-refractivity contribution in [1.82, 2.24) is 25.8 Å². The van der Waals surface area contributed by atoms with Crippen LogP contribution in [0, 0.1) is 5.41 Å². The number of aliphatic hydroxyl groups excluding tert-OH is 1. The Morgan fingerprint density at radius 1 is 1.32 bits per heavy atom. The first-order chi connectivity index (χ1) is 13.2. The molecule has 2 aromatic heterocycles. The van der Waals surface area contributed by atoms with Crippen LogP contribution >= 0.6 is 24.0 Å². The Morgan fingerprint density at radius 3 is 2.82 bits per heavy atom. The maximum absolute atomic E-state index is 9.48. The van der Waals surface area contributed by atoms with E-state index in [1.807, 2.05) is 19.1 Å². The largest absolute Gasteiger partial charge is 0.461 e. The molecule has 1 fully saturated rings. The number of furan rings is 1. The lowest BCUT2D eigenvalue weighted by atomic mass is 9.72. The molecule has 4 N–H and O–H groups in total. The van der Waals surface area contributed by atoms with Crippen molar-refractivity contribution in [3.8, 4) is 11.6 Å². The van der Waals surface area contributed by atoms with Crippen molar-refractivity contribution in [3.05, 3.63) is 24.2 Å². The fraction of sp³-hybridized carbons (Fsp3) is 0.632. The molecule has 0 aromatic carbocycles. The van der Waals surface area contributed by atoms with E-state index in [2.05, 4.69) is 30.8 Å². The lowest BCUT2D eigenvalue weighted by Crippen LogP contribution is -2.45. The molecule has 0 spiro atoms. The summed E-state index contributed by atoms with van der Waals surface area (Å²) in [7, 11) is 0. The normalized spacial score (nSPS) is 16.4. The third-order valence-corrected chi connectivity index (χ3v) is 5.19. The highest BCUT2D eigenvalue weighted by atomic mass is 127. The van der Waals surface area contributed by atoms with Gasteiger partial charge < -0.3 is 20.2 Å². The van der Waals surface area contributed by atoms with Gasteiger partial charge in [0.05, 0.1) is 6.26 Å². The minimum Gasteiger partial charge on any atom is -0.461 e. The number of hydrogen-bond acceptors (Lipinski definition) is 5. The van der Waals surface area contributed by atoms with Gasteiger partial charge in [-0.25, -0.2) is 9.98 Å². The maximum atomic E-state index is 9.48. The Bertz CT molecular complexity index is 704. The molecule has 1 aliphatic rings. The highest BCUT2D eigenvalue weighted by Crippen LogP contribution is 2.38. The summed E-state index contributed by atoms with van der Waals surface area (Å²) in [6, 6.07) is 3.64. The predicted octanol–water partition coefficient (Wildman–Crippen LogP) is 3.07. The first-order valence-corrected chi connectivity index (χ1v) is 9.83. The van der Waals surface area contributed by atoms with Gasteiger partial charge in [0, 0.05) is 19.7 Å². The van der Waals surface area contributed by atoms with Crippen LogP contribution in [0.15, 0.2) is 27.8 Å². The number of aliphatic hydroxyl groups is 1.